The number of amides is 1. The average Bonchev–Trinajstić information content (AvgIpc) is 2.55. The van der Waals surface area contributed by atoms with Crippen molar-refractivity contribution in [3.63, 3.8) is 0 Å². The third-order valence-electron chi connectivity index (χ3n) is 3.61. The summed E-state index contributed by atoms with van der Waals surface area (Å²) in [5.74, 6) is -0.102. The van der Waals surface area contributed by atoms with Gasteiger partial charge in [-0.15, -0.1) is 24.8 Å². The van der Waals surface area contributed by atoms with Gasteiger partial charge in [0.05, 0.1) is 5.56 Å². The van der Waals surface area contributed by atoms with Crippen LogP contribution in [0.5, 0.6) is 0 Å². The summed E-state index contributed by atoms with van der Waals surface area (Å²) in [7, 11) is 2.08. The number of nitrogens with zero attached hydrogens (tertiary/aromatic N) is 1. The zero-order valence-corrected chi connectivity index (χ0v) is 15.4. The fourth-order valence-electron chi connectivity index (χ4n) is 2.29. The van der Waals surface area contributed by atoms with E-state index in [1.165, 1.54) is 5.69 Å². The van der Waals surface area contributed by atoms with E-state index in [0.29, 0.717) is 17.8 Å². The van der Waals surface area contributed by atoms with Gasteiger partial charge in [0.25, 0.3) is 5.91 Å². The zero-order valence-electron chi connectivity index (χ0n) is 13.8. The van der Waals surface area contributed by atoms with Gasteiger partial charge >= 0.3 is 0 Å². The highest BCUT2D eigenvalue weighted by atomic mass is 35.5. The lowest BCUT2D eigenvalue weighted by molar-refractivity contribution is 0.0954. The molecule has 3 N–H and O–H groups in total. The second kappa shape index (κ2) is 11.6. The topological polar surface area (TPSA) is 58.4 Å². The van der Waals surface area contributed by atoms with Gasteiger partial charge in [-0.3, -0.25) is 4.79 Å². The summed E-state index contributed by atoms with van der Waals surface area (Å²) in [4.78, 5) is 14.2. The van der Waals surface area contributed by atoms with E-state index < -0.39 is 0 Å². The van der Waals surface area contributed by atoms with Crippen molar-refractivity contribution in [1.82, 2.24) is 5.32 Å². The SMILES string of the molecule is CN(CCCCNC(=O)c1ccccc1N)c1ccccc1.Cl.Cl. The number of hydrogen-bond acceptors (Lipinski definition) is 3. The summed E-state index contributed by atoms with van der Waals surface area (Å²) in [6, 6.07) is 17.4. The Morgan fingerprint density at radius 3 is 2.29 bits per heavy atom. The van der Waals surface area contributed by atoms with E-state index in [0.717, 1.165) is 19.4 Å². The molecule has 0 fully saturated rings. The van der Waals surface area contributed by atoms with Crippen LogP contribution >= 0.6 is 24.8 Å². The molecule has 0 unspecified atom stereocenters. The van der Waals surface area contributed by atoms with Gasteiger partial charge in [-0.05, 0) is 37.1 Å². The number of nitrogen functional groups attached to an aromatic ring is 1. The molecule has 0 spiro atoms. The molecule has 2 aromatic rings. The lowest BCUT2D eigenvalue weighted by atomic mass is 10.1. The van der Waals surface area contributed by atoms with Gasteiger partial charge in [0.1, 0.15) is 0 Å². The lowest BCUT2D eigenvalue weighted by Gasteiger charge is -2.19. The first-order valence-corrected chi connectivity index (χ1v) is 7.57. The maximum Gasteiger partial charge on any atom is 0.253 e. The van der Waals surface area contributed by atoms with Gasteiger partial charge in [-0.1, -0.05) is 30.3 Å². The summed E-state index contributed by atoms with van der Waals surface area (Å²) in [6.07, 6.45) is 1.96. The molecule has 0 atom stereocenters. The Bertz CT molecular complexity index is 608. The Labute approximate surface area is 156 Å². The van der Waals surface area contributed by atoms with Crippen LogP contribution in [0.25, 0.3) is 0 Å². The minimum atomic E-state index is -0.102. The molecule has 0 heterocycles. The monoisotopic (exact) mass is 369 g/mol. The van der Waals surface area contributed by atoms with Gasteiger partial charge < -0.3 is 16.0 Å². The van der Waals surface area contributed by atoms with Crippen LogP contribution in [0.15, 0.2) is 54.6 Å². The number of unbranched alkanes of at least 4 members (excludes halogenated alkanes) is 1. The molecule has 2 aromatic carbocycles. The first-order valence-electron chi connectivity index (χ1n) is 7.57. The number of benzene rings is 2. The molecule has 6 heteroatoms. The lowest BCUT2D eigenvalue weighted by Crippen LogP contribution is -2.26. The molecule has 2 rings (SSSR count). The molecule has 1 amide bonds. The Morgan fingerprint density at radius 2 is 1.62 bits per heavy atom. The molecular formula is C18H25Cl2N3O. The summed E-state index contributed by atoms with van der Waals surface area (Å²) >= 11 is 0. The van der Waals surface area contributed by atoms with E-state index in [-0.39, 0.29) is 30.7 Å². The normalized spacial score (nSPS) is 9.38. The number of nitrogens with two attached hydrogens (primary N) is 1. The Hall–Kier alpha value is -1.91. The fourth-order valence-corrected chi connectivity index (χ4v) is 2.29. The molecule has 0 radical (unpaired) electrons. The Balaban J connectivity index is 0.00000264. The second-order valence-corrected chi connectivity index (χ2v) is 5.31. The number of hydrogen-bond donors (Lipinski definition) is 2. The number of anilines is 2. The van der Waals surface area contributed by atoms with Gasteiger partial charge in [0, 0.05) is 31.5 Å². The molecule has 24 heavy (non-hydrogen) atoms. The number of nitrogens with one attached hydrogen (secondary N) is 1. The Morgan fingerprint density at radius 1 is 1.00 bits per heavy atom. The highest BCUT2D eigenvalue weighted by molar-refractivity contribution is 5.99. The molecule has 132 valence electrons. The van der Waals surface area contributed by atoms with Crippen LogP contribution in [0.2, 0.25) is 0 Å². The van der Waals surface area contributed by atoms with Crippen molar-refractivity contribution < 1.29 is 4.79 Å². The molecule has 0 aliphatic rings. The highest BCUT2D eigenvalue weighted by Crippen LogP contribution is 2.12. The van der Waals surface area contributed by atoms with E-state index in [2.05, 4.69) is 29.4 Å². The van der Waals surface area contributed by atoms with E-state index >= 15 is 0 Å². The third kappa shape index (κ3) is 6.69. The summed E-state index contributed by atoms with van der Waals surface area (Å²) in [6.45, 7) is 1.63. The highest BCUT2D eigenvalue weighted by Gasteiger charge is 2.07. The van der Waals surface area contributed by atoms with Crippen LogP contribution in [0, 0.1) is 0 Å². The van der Waals surface area contributed by atoms with Crippen molar-refractivity contribution >= 4 is 42.1 Å². The number of rotatable bonds is 7. The van der Waals surface area contributed by atoms with E-state index in [9.17, 15) is 4.79 Å². The van der Waals surface area contributed by atoms with Crippen molar-refractivity contribution in [2.75, 3.05) is 30.8 Å². The van der Waals surface area contributed by atoms with E-state index in [1.54, 1.807) is 12.1 Å². The second-order valence-electron chi connectivity index (χ2n) is 5.31. The summed E-state index contributed by atoms with van der Waals surface area (Å²) < 4.78 is 0. The predicted molar refractivity (Wildman–Crippen MR) is 107 cm³/mol. The smallest absolute Gasteiger partial charge is 0.253 e. The molecule has 0 aliphatic carbocycles. The predicted octanol–water partition coefficient (Wildman–Crippen LogP) is 3.76. The number of halogens is 2. The molecule has 0 aromatic heterocycles. The minimum Gasteiger partial charge on any atom is -0.398 e. The Kier molecular flexibility index (Phi) is 10.7. The molecular weight excluding hydrogens is 345 g/mol. The maximum absolute atomic E-state index is 12.0. The molecule has 0 saturated carbocycles. The van der Waals surface area contributed by atoms with E-state index in [1.807, 2.05) is 30.3 Å². The summed E-state index contributed by atoms with van der Waals surface area (Å²) in [5.41, 5.74) is 8.06. The average molecular weight is 370 g/mol. The van der Waals surface area contributed by atoms with E-state index in [4.69, 9.17) is 5.73 Å². The number of carbonyl (C=O) groups excluding carboxylic acids is 1. The van der Waals surface area contributed by atoms with Crippen LogP contribution in [0.4, 0.5) is 11.4 Å². The minimum absolute atomic E-state index is 0. The van der Waals surface area contributed by atoms with Gasteiger partial charge in [-0.25, -0.2) is 0 Å². The standard InChI is InChI=1S/C18H23N3O.2ClH/c1-21(15-9-3-2-4-10-15)14-8-7-13-20-18(22)16-11-5-6-12-17(16)19;;/h2-6,9-12H,7-8,13-14,19H2,1H3,(H,20,22);2*1H. The molecule has 0 bridgehead atoms. The molecule has 0 saturated heterocycles. The van der Waals surface area contributed by atoms with Crippen LogP contribution in [0.1, 0.15) is 23.2 Å². The van der Waals surface area contributed by atoms with Crippen molar-refractivity contribution in [3.05, 3.63) is 60.2 Å². The van der Waals surface area contributed by atoms with Crippen molar-refractivity contribution in [1.29, 1.82) is 0 Å². The van der Waals surface area contributed by atoms with Gasteiger partial charge in [-0.2, -0.15) is 0 Å². The number of carbonyl (C=O) groups is 1. The largest absolute Gasteiger partial charge is 0.398 e. The van der Waals surface area contributed by atoms with Crippen molar-refractivity contribution in [2.24, 2.45) is 0 Å². The van der Waals surface area contributed by atoms with Gasteiger partial charge in [0.2, 0.25) is 0 Å². The molecule has 0 aliphatic heterocycles. The van der Waals surface area contributed by atoms with Crippen molar-refractivity contribution in [2.45, 2.75) is 12.8 Å². The van der Waals surface area contributed by atoms with Crippen LogP contribution in [0.3, 0.4) is 0 Å². The first-order chi connectivity index (χ1) is 10.7. The summed E-state index contributed by atoms with van der Waals surface area (Å²) in [5, 5.41) is 2.92. The van der Waals surface area contributed by atoms with Crippen LogP contribution in [-0.2, 0) is 0 Å². The van der Waals surface area contributed by atoms with Crippen molar-refractivity contribution in [3.8, 4) is 0 Å². The maximum atomic E-state index is 12.0. The van der Waals surface area contributed by atoms with Crippen LogP contribution < -0.4 is 16.0 Å². The van der Waals surface area contributed by atoms with Gasteiger partial charge in [0.15, 0.2) is 0 Å². The fraction of sp³-hybridized carbons (Fsp3) is 0.278. The third-order valence-corrected chi connectivity index (χ3v) is 3.61. The zero-order chi connectivity index (χ0) is 15.8. The van der Waals surface area contributed by atoms with Crippen LogP contribution in [-0.4, -0.2) is 26.0 Å². The number of para-hydroxylation sites is 2. The quantitative estimate of drug-likeness (QED) is 0.576. The molecule has 4 nitrogen and oxygen atoms in total. The first kappa shape index (κ1) is 22.1.